The highest BCUT2D eigenvalue weighted by Gasteiger charge is 2.33. The lowest BCUT2D eigenvalue weighted by Gasteiger charge is -2.44. The maximum Gasteiger partial charge on any atom is 0.180 e. The second-order valence-electron chi connectivity index (χ2n) is 7.01. The summed E-state index contributed by atoms with van der Waals surface area (Å²) in [7, 11) is 0. The van der Waals surface area contributed by atoms with Crippen molar-refractivity contribution in [1.29, 1.82) is 0 Å². The summed E-state index contributed by atoms with van der Waals surface area (Å²) in [6.07, 6.45) is 5.52. The van der Waals surface area contributed by atoms with Gasteiger partial charge in [-0.2, -0.15) is 10.5 Å². The van der Waals surface area contributed by atoms with Crippen LogP contribution in [0.15, 0.2) is 41.4 Å². The number of fused-ring (bicyclic) bond motifs is 4. The van der Waals surface area contributed by atoms with Gasteiger partial charge in [-0.15, -0.1) is 0 Å². The largest absolute Gasteiger partial charge is 0.489 e. The van der Waals surface area contributed by atoms with Crippen molar-refractivity contribution >= 4 is 38.8 Å². The molecule has 1 atom stereocenters. The quantitative estimate of drug-likeness (QED) is 0.526. The van der Waals surface area contributed by atoms with E-state index in [1.165, 1.54) is 0 Å². The Kier molecular flexibility index (Phi) is 6.91. The maximum atomic E-state index is 6.09. The van der Waals surface area contributed by atoms with Crippen LogP contribution < -0.4 is 20.4 Å². The molecular formula is C21H28BrN7O2. The molecule has 31 heavy (non-hydrogen) atoms. The summed E-state index contributed by atoms with van der Waals surface area (Å²) in [6.45, 7) is 9.94. The lowest BCUT2D eigenvalue weighted by molar-refractivity contribution is -0.217. The van der Waals surface area contributed by atoms with Crippen LogP contribution >= 0.6 is 15.9 Å². The number of hydrogen-bond acceptors (Lipinski definition) is 8. The van der Waals surface area contributed by atoms with Gasteiger partial charge in [-0.05, 0) is 28.1 Å². The van der Waals surface area contributed by atoms with E-state index in [1.807, 2.05) is 54.8 Å². The van der Waals surface area contributed by atoms with Gasteiger partial charge in [0.1, 0.15) is 17.0 Å². The number of nitrogens with one attached hydrogen (secondary N) is 2. The second kappa shape index (κ2) is 9.82. The van der Waals surface area contributed by atoms with Crippen molar-refractivity contribution < 1.29 is 9.68 Å². The Morgan fingerprint density at radius 1 is 1.29 bits per heavy atom. The molecule has 2 aliphatic rings. The number of aromatic nitrogens is 3. The van der Waals surface area contributed by atoms with E-state index >= 15 is 0 Å². The summed E-state index contributed by atoms with van der Waals surface area (Å²) in [5.41, 5.74) is 5.71. The number of anilines is 3. The summed E-state index contributed by atoms with van der Waals surface area (Å²) in [6, 6.07) is 6.44. The number of ether oxygens (including phenoxy) is 1. The number of imidazole rings is 1. The van der Waals surface area contributed by atoms with Gasteiger partial charge in [0.15, 0.2) is 11.5 Å². The van der Waals surface area contributed by atoms with Crippen molar-refractivity contribution in [2.45, 2.75) is 26.8 Å². The Labute approximate surface area is 190 Å². The first-order valence-corrected chi connectivity index (χ1v) is 11.4. The van der Waals surface area contributed by atoms with E-state index in [-0.39, 0.29) is 6.04 Å². The number of piperazine rings is 1. The van der Waals surface area contributed by atoms with E-state index in [4.69, 9.17) is 9.68 Å². The molecule has 2 N–H and O–H groups in total. The number of nitrogens with zero attached hydrogens (tertiary/aromatic N) is 5. The molecule has 0 radical (unpaired) electrons. The van der Waals surface area contributed by atoms with E-state index in [2.05, 4.69) is 47.7 Å². The maximum absolute atomic E-state index is 6.09. The SMILES string of the molecule is CC.CCNON1CCN2c3ccc(Nc4nc(Br)cn5ccnc45)cc3OC[C@H]2C1. The second-order valence-corrected chi connectivity index (χ2v) is 7.83. The number of benzene rings is 1. The van der Waals surface area contributed by atoms with Gasteiger partial charge in [0.25, 0.3) is 0 Å². The summed E-state index contributed by atoms with van der Waals surface area (Å²) in [5, 5.41) is 5.33. The van der Waals surface area contributed by atoms with Gasteiger partial charge in [0.05, 0.1) is 11.7 Å². The Hall–Kier alpha value is -2.40. The zero-order chi connectivity index (χ0) is 21.8. The van der Waals surface area contributed by atoms with E-state index in [0.29, 0.717) is 12.4 Å². The Balaban J connectivity index is 0.00000112. The minimum atomic E-state index is 0.269. The van der Waals surface area contributed by atoms with Gasteiger partial charge in [-0.3, -0.25) is 0 Å². The van der Waals surface area contributed by atoms with Gasteiger partial charge in [-0.1, -0.05) is 20.8 Å². The van der Waals surface area contributed by atoms with Crippen LogP contribution in [0.5, 0.6) is 5.75 Å². The fourth-order valence-electron chi connectivity index (χ4n) is 3.78. The van der Waals surface area contributed by atoms with Crippen LogP contribution in [0, 0.1) is 0 Å². The van der Waals surface area contributed by atoms with E-state index in [9.17, 15) is 0 Å². The summed E-state index contributed by atoms with van der Waals surface area (Å²) in [4.78, 5) is 16.9. The van der Waals surface area contributed by atoms with Crippen LogP contribution in [0.4, 0.5) is 17.2 Å². The zero-order valence-electron chi connectivity index (χ0n) is 18.0. The van der Waals surface area contributed by atoms with Crippen molar-refractivity contribution in [2.24, 2.45) is 0 Å². The molecule has 2 aromatic heterocycles. The molecule has 1 fully saturated rings. The third-order valence-corrected chi connectivity index (χ3v) is 5.47. The standard InChI is InChI=1S/C19H22BrN7O2.C2H6/c1-2-22-29-26-7-8-27-14(10-26)12-28-16-9-13(3-4-15(16)27)23-18-19-21-5-6-25(19)11-17(20)24-18;1-2/h3-6,9,11,14,22H,2,7-8,10,12H2,1H3,(H,23,24);1-2H3/t14-;/m1./s1. The summed E-state index contributed by atoms with van der Waals surface area (Å²) >= 11 is 3.45. The Bertz CT molecular complexity index is 1030. The minimum Gasteiger partial charge on any atom is -0.489 e. The van der Waals surface area contributed by atoms with Crippen LogP contribution in [-0.4, -0.2) is 58.3 Å². The fraction of sp³-hybridized carbons (Fsp3) is 0.429. The molecule has 2 aliphatic heterocycles. The zero-order valence-corrected chi connectivity index (χ0v) is 19.6. The molecule has 1 aromatic carbocycles. The third kappa shape index (κ3) is 4.62. The molecule has 1 saturated heterocycles. The molecule has 5 rings (SSSR count). The highest BCUT2D eigenvalue weighted by Crippen LogP contribution is 2.38. The summed E-state index contributed by atoms with van der Waals surface area (Å²) in [5.74, 6) is 1.56. The van der Waals surface area contributed by atoms with Gasteiger partial charge in [-0.25, -0.2) is 14.9 Å². The molecule has 0 amide bonds. The van der Waals surface area contributed by atoms with Crippen molar-refractivity contribution in [2.75, 3.05) is 43.0 Å². The number of hydroxylamine groups is 3. The molecule has 4 heterocycles. The van der Waals surface area contributed by atoms with Crippen molar-refractivity contribution in [3.8, 4) is 5.75 Å². The topological polar surface area (TPSA) is 79.2 Å². The van der Waals surface area contributed by atoms with Gasteiger partial charge in [0.2, 0.25) is 0 Å². The Morgan fingerprint density at radius 2 is 2.16 bits per heavy atom. The molecular weight excluding hydrogens is 462 g/mol. The monoisotopic (exact) mass is 489 g/mol. The smallest absolute Gasteiger partial charge is 0.180 e. The van der Waals surface area contributed by atoms with Crippen molar-refractivity contribution in [3.63, 3.8) is 0 Å². The average Bonchev–Trinajstić information content (AvgIpc) is 3.27. The summed E-state index contributed by atoms with van der Waals surface area (Å²) < 4.78 is 8.75. The van der Waals surface area contributed by atoms with Crippen molar-refractivity contribution in [3.05, 3.63) is 41.4 Å². The third-order valence-electron chi connectivity index (χ3n) is 5.09. The first-order valence-electron chi connectivity index (χ1n) is 10.7. The minimum absolute atomic E-state index is 0.269. The van der Waals surface area contributed by atoms with Crippen molar-refractivity contribution in [1.82, 2.24) is 24.9 Å². The van der Waals surface area contributed by atoms with Gasteiger partial charge < -0.3 is 19.4 Å². The fourth-order valence-corrected chi connectivity index (χ4v) is 4.18. The molecule has 9 nitrogen and oxygen atoms in total. The number of halogens is 1. The molecule has 0 spiro atoms. The predicted octanol–water partition coefficient (Wildman–Crippen LogP) is 3.60. The van der Waals surface area contributed by atoms with Gasteiger partial charge >= 0.3 is 0 Å². The van der Waals surface area contributed by atoms with Crippen LogP contribution in [0.2, 0.25) is 0 Å². The highest BCUT2D eigenvalue weighted by molar-refractivity contribution is 9.10. The molecule has 166 valence electrons. The van der Waals surface area contributed by atoms with Crippen LogP contribution in [0.1, 0.15) is 20.8 Å². The predicted molar refractivity (Wildman–Crippen MR) is 125 cm³/mol. The average molecular weight is 490 g/mol. The molecule has 0 aliphatic carbocycles. The van der Waals surface area contributed by atoms with Crippen LogP contribution in [-0.2, 0) is 4.94 Å². The first-order chi connectivity index (χ1) is 15.2. The molecule has 10 heteroatoms. The lowest BCUT2D eigenvalue weighted by atomic mass is 10.1. The first kappa shape index (κ1) is 21.8. The van der Waals surface area contributed by atoms with Crippen LogP contribution in [0.25, 0.3) is 5.65 Å². The molecule has 3 aromatic rings. The molecule has 0 saturated carbocycles. The van der Waals surface area contributed by atoms with E-state index in [0.717, 1.165) is 53.6 Å². The normalized spacial score (nSPS) is 17.9. The Morgan fingerprint density at radius 3 is 3.00 bits per heavy atom. The van der Waals surface area contributed by atoms with Gasteiger partial charge in [0, 0.05) is 56.5 Å². The molecule has 0 unspecified atom stereocenters. The number of hydrogen-bond donors (Lipinski definition) is 2. The molecule has 0 bridgehead atoms. The number of rotatable bonds is 5. The lowest BCUT2D eigenvalue weighted by Crippen LogP contribution is -2.57. The van der Waals surface area contributed by atoms with Crippen LogP contribution in [0.3, 0.4) is 0 Å². The van der Waals surface area contributed by atoms with E-state index < -0.39 is 0 Å². The highest BCUT2D eigenvalue weighted by atomic mass is 79.9. The van der Waals surface area contributed by atoms with E-state index in [1.54, 1.807) is 6.20 Å².